The van der Waals surface area contributed by atoms with Gasteiger partial charge in [-0.2, -0.15) is 0 Å². The molecule has 1 aromatic carbocycles. The van der Waals surface area contributed by atoms with Crippen molar-refractivity contribution in [3.8, 4) is 5.75 Å². The molecule has 0 saturated carbocycles. The fourth-order valence-corrected chi connectivity index (χ4v) is 3.04. The lowest BCUT2D eigenvalue weighted by atomic mass is 10.1. The van der Waals surface area contributed by atoms with E-state index < -0.39 is 11.6 Å². The summed E-state index contributed by atoms with van der Waals surface area (Å²) < 4.78 is 5.73. The van der Waals surface area contributed by atoms with Gasteiger partial charge in [-0.15, -0.1) is 0 Å². The zero-order valence-corrected chi connectivity index (χ0v) is 16.8. The highest BCUT2D eigenvalue weighted by molar-refractivity contribution is 6.06. The first kappa shape index (κ1) is 20.7. The van der Waals surface area contributed by atoms with Crippen LogP contribution in [0, 0.1) is 13.8 Å². The van der Waals surface area contributed by atoms with Crippen LogP contribution < -0.4 is 10.1 Å². The van der Waals surface area contributed by atoms with Crippen molar-refractivity contribution in [2.75, 3.05) is 26.7 Å². The molecule has 0 atom stereocenters. The van der Waals surface area contributed by atoms with Crippen LogP contribution in [0.3, 0.4) is 0 Å². The van der Waals surface area contributed by atoms with Crippen molar-refractivity contribution < 1.29 is 19.1 Å². The maximum absolute atomic E-state index is 12.2. The predicted octanol–water partition coefficient (Wildman–Crippen LogP) is 2.25. The van der Waals surface area contributed by atoms with E-state index in [1.165, 1.54) is 4.90 Å². The largest absolute Gasteiger partial charge is 0.492 e. The summed E-state index contributed by atoms with van der Waals surface area (Å²) in [6, 6.07) is 5.62. The zero-order valence-electron chi connectivity index (χ0n) is 16.8. The predicted molar refractivity (Wildman–Crippen MR) is 103 cm³/mol. The summed E-state index contributed by atoms with van der Waals surface area (Å²) in [7, 11) is 1.73. The number of hydrogen-bond acceptors (Lipinski definition) is 4. The molecule has 0 radical (unpaired) electrons. The van der Waals surface area contributed by atoms with Crippen LogP contribution in [0.4, 0.5) is 4.79 Å². The molecule has 0 bridgehead atoms. The van der Waals surface area contributed by atoms with Crippen molar-refractivity contribution in [1.82, 2.24) is 15.1 Å². The Morgan fingerprint density at radius 3 is 2.37 bits per heavy atom. The van der Waals surface area contributed by atoms with Crippen molar-refractivity contribution in [2.24, 2.45) is 0 Å². The molecule has 1 heterocycles. The quantitative estimate of drug-likeness (QED) is 0.707. The maximum atomic E-state index is 12.2. The molecule has 0 aliphatic carbocycles. The summed E-state index contributed by atoms with van der Waals surface area (Å²) in [6.45, 7) is 8.49. The third kappa shape index (κ3) is 5.45. The number of amides is 4. The highest BCUT2D eigenvalue weighted by atomic mass is 16.5. The molecular formula is C20H29N3O4. The summed E-state index contributed by atoms with van der Waals surface area (Å²) in [4.78, 5) is 38.9. The second-order valence-electron chi connectivity index (χ2n) is 7.60. The fraction of sp³-hybridized carbons (Fsp3) is 0.550. The van der Waals surface area contributed by atoms with E-state index in [0.29, 0.717) is 19.6 Å². The normalized spacial score (nSPS) is 15.7. The van der Waals surface area contributed by atoms with Gasteiger partial charge < -0.3 is 15.0 Å². The highest BCUT2D eigenvalue weighted by Gasteiger charge is 2.43. The molecule has 4 amide bonds. The Labute approximate surface area is 160 Å². The van der Waals surface area contributed by atoms with Gasteiger partial charge in [-0.25, -0.2) is 4.79 Å². The molecule has 148 valence electrons. The Bertz CT molecular complexity index is 710. The van der Waals surface area contributed by atoms with Gasteiger partial charge in [0.1, 0.15) is 17.9 Å². The average Bonchev–Trinajstić information content (AvgIpc) is 2.75. The maximum Gasteiger partial charge on any atom is 0.325 e. The van der Waals surface area contributed by atoms with Crippen molar-refractivity contribution in [1.29, 1.82) is 0 Å². The number of hydrogen-bond donors (Lipinski definition) is 1. The number of nitrogens with one attached hydrogen (secondary N) is 1. The number of nitrogens with zero attached hydrogens (tertiary/aromatic N) is 2. The van der Waals surface area contributed by atoms with Gasteiger partial charge in [0.15, 0.2) is 0 Å². The van der Waals surface area contributed by atoms with E-state index in [2.05, 4.69) is 11.4 Å². The van der Waals surface area contributed by atoms with Gasteiger partial charge in [0.25, 0.3) is 5.91 Å². The number of imide groups is 1. The van der Waals surface area contributed by atoms with E-state index in [1.807, 2.05) is 26.0 Å². The minimum Gasteiger partial charge on any atom is -0.492 e. The van der Waals surface area contributed by atoms with Crippen molar-refractivity contribution >= 4 is 17.8 Å². The Balaban J connectivity index is 1.71. The molecule has 27 heavy (non-hydrogen) atoms. The van der Waals surface area contributed by atoms with E-state index in [4.69, 9.17) is 4.74 Å². The Kier molecular flexibility index (Phi) is 6.46. The first-order valence-electron chi connectivity index (χ1n) is 9.19. The minimum atomic E-state index is -0.872. The summed E-state index contributed by atoms with van der Waals surface area (Å²) in [5.74, 6) is 0.509. The number of benzene rings is 1. The van der Waals surface area contributed by atoms with E-state index >= 15 is 0 Å². The molecule has 1 aromatic rings. The first-order chi connectivity index (χ1) is 12.6. The summed E-state index contributed by atoms with van der Waals surface area (Å²) in [6.07, 6.45) is 0.716. The molecule has 2 rings (SSSR count). The Morgan fingerprint density at radius 2 is 1.81 bits per heavy atom. The molecular weight excluding hydrogens is 346 g/mol. The van der Waals surface area contributed by atoms with Crippen molar-refractivity contribution in [3.63, 3.8) is 0 Å². The van der Waals surface area contributed by atoms with Gasteiger partial charge in [0.2, 0.25) is 5.91 Å². The first-order valence-corrected chi connectivity index (χ1v) is 9.19. The van der Waals surface area contributed by atoms with Crippen LogP contribution in [-0.2, 0) is 9.59 Å². The fourth-order valence-electron chi connectivity index (χ4n) is 3.04. The monoisotopic (exact) mass is 375 g/mol. The van der Waals surface area contributed by atoms with E-state index in [1.54, 1.807) is 25.8 Å². The second kappa shape index (κ2) is 8.41. The number of likely N-dealkylation sites (N-methyl/N-ethyl adjacent to an activating group) is 1. The molecule has 7 heteroatoms. The number of rotatable bonds is 8. The van der Waals surface area contributed by atoms with Gasteiger partial charge in [-0.3, -0.25) is 14.5 Å². The SMILES string of the molecule is Cc1cc(C)cc(OCCN(C)C(=O)CCCN2C(=O)NC(C)(C)C2=O)c1. The lowest BCUT2D eigenvalue weighted by Crippen LogP contribution is -2.40. The van der Waals surface area contributed by atoms with Crippen LogP contribution in [0.5, 0.6) is 5.75 Å². The third-order valence-corrected chi connectivity index (χ3v) is 4.53. The number of carbonyl (C=O) groups is 3. The van der Waals surface area contributed by atoms with E-state index in [9.17, 15) is 14.4 Å². The highest BCUT2D eigenvalue weighted by Crippen LogP contribution is 2.17. The average molecular weight is 375 g/mol. The van der Waals surface area contributed by atoms with Crippen LogP contribution in [0.25, 0.3) is 0 Å². The third-order valence-electron chi connectivity index (χ3n) is 4.53. The molecule has 1 aliphatic heterocycles. The molecule has 1 N–H and O–H groups in total. The van der Waals surface area contributed by atoms with Crippen molar-refractivity contribution in [3.05, 3.63) is 29.3 Å². The van der Waals surface area contributed by atoms with Gasteiger partial charge in [-0.05, 0) is 57.4 Å². The standard InChI is InChI=1S/C20H29N3O4/c1-14-11-15(2)13-16(12-14)27-10-9-22(5)17(24)7-6-8-23-18(25)20(3,4)21-19(23)26/h11-13H,6-10H2,1-5H3,(H,21,26). The molecule has 7 nitrogen and oxygen atoms in total. The van der Waals surface area contributed by atoms with Crippen LogP contribution in [0.15, 0.2) is 18.2 Å². The topological polar surface area (TPSA) is 79.0 Å². The Hall–Kier alpha value is -2.57. The summed E-state index contributed by atoms with van der Waals surface area (Å²) in [5, 5.41) is 2.63. The summed E-state index contributed by atoms with van der Waals surface area (Å²) >= 11 is 0. The zero-order chi connectivity index (χ0) is 20.2. The molecule has 1 fully saturated rings. The van der Waals surface area contributed by atoms with Crippen LogP contribution in [0.1, 0.15) is 37.8 Å². The lowest BCUT2D eigenvalue weighted by molar-refractivity contribution is -0.132. The number of aryl methyl sites for hydroxylation is 2. The molecule has 0 unspecified atom stereocenters. The van der Waals surface area contributed by atoms with Crippen LogP contribution >= 0.6 is 0 Å². The van der Waals surface area contributed by atoms with E-state index in [0.717, 1.165) is 16.9 Å². The van der Waals surface area contributed by atoms with Gasteiger partial charge in [0.05, 0.1) is 6.54 Å². The van der Waals surface area contributed by atoms with Crippen LogP contribution in [-0.4, -0.2) is 59.9 Å². The van der Waals surface area contributed by atoms with Gasteiger partial charge in [0, 0.05) is 20.0 Å². The molecule has 1 saturated heterocycles. The number of carbonyl (C=O) groups excluding carboxylic acids is 3. The van der Waals surface area contributed by atoms with Gasteiger partial charge in [-0.1, -0.05) is 6.07 Å². The molecule has 0 aromatic heterocycles. The van der Waals surface area contributed by atoms with E-state index in [-0.39, 0.29) is 24.8 Å². The van der Waals surface area contributed by atoms with Crippen molar-refractivity contribution in [2.45, 2.75) is 46.1 Å². The molecule has 0 spiro atoms. The Morgan fingerprint density at radius 1 is 1.19 bits per heavy atom. The number of ether oxygens (including phenoxy) is 1. The van der Waals surface area contributed by atoms with Gasteiger partial charge >= 0.3 is 6.03 Å². The molecule has 1 aliphatic rings. The summed E-state index contributed by atoms with van der Waals surface area (Å²) in [5.41, 5.74) is 1.40. The smallest absolute Gasteiger partial charge is 0.325 e. The lowest BCUT2D eigenvalue weighted by Gasteiger charge is -2.19. The second-order valence-corrected chi connectivity index (χ2v) is 7.60. The number of urea groups is 1. The minimum absolute atomic E-state index is 0.0367. The van der Waals surface area contributed by atoms with Crippen LogP contribution in [0.2, 0.25) is 0 Å².